The Labute approximate surface area is 156 Å². The van der Waals surface area contributed by atoms with Crippen LogP contribution in [0.5, 0.6) is 0 Å². The van der Waals surface area contributed by atoms with Crippen molar-refractivity contribution in [2.75, 3.05) is 31.6 Å². The first-order chi connectivity index (χ1) is 12.7. The zero-order chi connectivity index (χ0) is 18.4. The van der Waals surface area contributed by atoms with Gasteiger partial charge in [-0.05, 0) is 60.5 Å². The maximum absolute atomic E-state index is 13.7. The molecule has 0 radical (unpaired) electrons. The van der Waals surface area contributed by atoms with Crippen LogP contribution < -0.4 is 15.5 Å². The molecule has 140 valence electrons. The number of thiophene rings is 1. The molecule has 1 aromatic heterocycles. The molecule has 2 heterocycles. The van der Waals surface area contributed by atoms with Gasteiger partial charge < -0.3 is 15.5 Å². The predicted molar refractivity (Wildman–Crippen MR) is 104 cm³/mol. The summed E-state index contributed by atoms with van der Waals surface area (Å²) in [7, 11) is 1.72. The van der Waals surface area contributed by atoms with E-state index in [4.69, 9.17) is 0 Å². The Morgan fingerprint density at radius 2 is 2.08 bits per heavy atom. The Hall–Kier alpha value is -2.15. The highest BCUT2D eigenvalue weighted by molar-refractivity contribution is 7.14. The van der Waals surface area contributed by atoms with Gasteiger partial charge in [0.15, 0.2) is 5.96 Å². The highest BCUT2D eigenvalue weighted by atomic mass is 32.1. The van der Waals surface area contributed by atoms with E-state index in [-0.39, 0.29) is 5.82 Å². The number of aliphatic imine (C=N–C) groups is 1. The molecule has 1 saturated heterocycles. The van der Waals surface area contributed by atoms with Gasteiger partial charge in [0.05, 0.1) is 5.00 Å². The molecule has 0 amide bonds. The topological polar surface area (TPSA) is 39.7 Å². The highest BCUT2D eigenvalue weighted by Crippen LogP contribution is 2.24. The normalized spacial score (nSPS) is 16.0. The smallest absolute Gasteiger partial charge is 0.191 e. The maximum Gasteiger partial charge on any atom is 0.191 e. The molecule has 0 spiro atoms. The molecule has 0 saturated carbocycles. The lowest BCUT2D eigenvalue weighted by atomic mass is 10.1. The second kappa shape index (κ2) is 8.98. The first-order valence-corrected chi connectivity index (χ1v) is 9.73. The molecule has 1 aliphatic heterocycles. The molecular formula is C19H24F2N4S. The van der Waals surface area contributed by atoms with Crippen LogP contribution in [0.3, 0.4) is 0 Å². The number of halogens is 2. The second-order valence-electron chi connectivity index (χ2n) is 6.34. The van der Waals surface area contributed by atoms with E-state index in [2.05, 4.69) is 38.0 Å². The summed E-state index contributed by atoms with van der Waals surface area (Å²) in [5.74, 6) is -0.0881. The van der Waals surface area contributed by atoms with E-state index in [9.17, 15) is 8.78 Å². The molecule has 3 rings (SSSR count). The van der Waals surface area contributed by atoms with Crippen LogP contribution >= 0.6 is 11.3 Å². The molecule has 0 aliphatic carbocycles. The number of hydrogen-bond donors (Lipinski definition) is 2. The van der Waals surface area contributed by atoms with E-state index in [0.29, 0.717) is 30.5 Å². The van der Waals surface area contributed by atoms with Crippen LogP contribution in [0.4, 0.5) is 13.8 Å². The van der Waals surface area contributed by atoms with Crippen molar-refractivity contribution in [3.05, 3.63) is 52.9 Å². The summed E-state index contributed by atoms with van der Waals surface area (Å²) in [6.45, 7) is 2.53. The van der Waals surface area contributed by atoms with Crippen LogP contribution in [0.1, 0.15) is 18.4 Å². The third-order valence-electron chi connectivity index (χ3n) is 4.57. The number of benzene rings is 1. The minimum absolute atomic E-state index is 0.364. The molecule has 1 fully saturated rings. The van der Waals surface area contributed by atoms with Crippen LogP contribution in [0, 0.1) is 11.6 Å². The quantitative estimate of drug-likeness (QED) is 0.619. The summed E-state index contributed by atoms with van der Waals surface area (Å²) in [6, 6.07) is 8.15. The lowest BCUT2D eigenvalue weighted by Crippen LogP contribution is -2.49. The number of rotatable bonds is 5. The summed E-state index contributed by atoms with van der Waals surface area (Å²) in [4.78, 5) is 6.65. The van der Waals surface area contributed by atoms with Crippen molar-refractivity contribution in [1.29, 1.82) is 0 Å². The van der Waals surface area contributed by atoms with Crippen molar-refractivity contribution in [1.82, 2.24) is 10.6 Å². The van der Waals surface area contributed by atoms with Crippen molar-refractivity contribution in [3.63, 3.8) is 0 Å². The molecular weight excluding hydrogens is 354 g/mol. The van der Waals surface area contributed by atoms with E-state index >= 15 is 0 Å². The van der Waals surface area contributed by atoms with Crippen molar-refractivity contribution < 1.29 is 8.78 Å². The van der Waals surface area contributed by atoms with E-state index in [1.54, 1.807) is 18.4 Å². The number of nitrogens with zero attached hydrogens (tertiary/aromatic N) is 2. The molecule has 0 atom stereocenters. The summed E-state index contributed by atoms with van der Waals surface area (Å²) in [5, 5.41) is 10.0. The average molecular weight is 378 g/mol. The van der Waals surface area contributed by atoms with Gasteiger partial charge in [-0.15, -0.1) is 11.3 Å². The first kappa shape index (κ1) is 18.6. The molecule has 1 aliphatic rings. The number of anilines is 1. The van der Waals surface area contributed by atoms with Crippen LogP contribution in [0.15, 0.2) is 40.7 Å². The Bertz CT molecular complexity index is 725. The van der Waals surface area contributed by atoms with Gasteiger partial charge in [0.2, 0.25) is 0 Å². The van der Waals surface area contributed by atoms with Gasteiger partial charge in [-0.3, -0.25) is 4.99 Å². The largest absolute Gasteiger partial charge is 0.363 e. The van der Waals surface area contributed by atoms with Crippen molar-refractivity contribution in [2.45, 2.75) is 25.3 Å². The monoisotopic (exact) mass is 378 g/mol. The Morgan fingerprint density at radius 3 is 2.77 bits per heavy atom. The highest BCUT2D eigenvalue weighted by Gasteiger charge is 2.20. The van der Waals surface area contributed by atoms with Gasteiger partial charge in [-0.1, -0.05) is 0 Å². The van der Waals surface area contributed by atoms with Crippen LogP contribution in [0.25, 0.3) is 0 Å². The second-order valence-corrected chi connectivity index (χ2v) is 7.27. The molecule has 26 heavy (non-hydrogen) atoms. The van der Waals surface area contributed by atoms with E-state index < -0.39 is 5.82 Å². The molecule has 0 bridgehead atoms. The van der Waals surface area contributed by atoms with E-state index in [1.807, 2.05) is 0 Å². The number of hydrogen-bond acceptors (Lipinski definition) is 3. The predicted octanol–water partition coefficient (Wildman–Crippen LogP) is 3.40. The van der Waals surface area contributed by atoms with E-state index in [1.165, 1.54) is 17.1 Å². The number of piperidine rings is 1. The zero-order valence-electron chi connectivity index (χ0n) is 14.8. The summed E-state index contributed by atoms with van der Waals surface area (Å²) in [5.41, 5.74) is 0.372. The summed E-state index contributed by atoms with van der Waals surface area (Å²) < 4.78 is 26.9. The third-order valence-corrected chi connectivity index (χ3v) is 5.50. The van der Waals surface area contributed by atoms with Gasteiger partial charge >= 0.3 is 0 Å². The van der Waals surface area contributed by atoms with Crippen molar-refractivity contribution >= 4 is 22.3 Å². The SMILES string of the molecule is CN=C(NCCc1cc(F)ccc1F)NC1CCN(c2cccs2)CC1. The zero-order valence-corrected chi connectivity index (χ0v) is 15.7. The molecule has 2 N–H and O–H groups in total. The Kier molecular flexibility index (Phi) is 6.44. The molecule has 7 heteroatoms. The minimum Gasteiger partial charge on any atom is -0.363 e. The Morgan fingerprint density at radius 1 is 1.27 bits per heavy atom. The van der Waals surface area contributed by atoms with Gasteiger partial charge in [0, 0.05) is 32.7 Å². The minimum atomic E-state index is -0.415. The van der Waals surface area contributed by atoms with Gasteiger partial charge in [-0.25, -0.2) is 8.78 Å². The first-order valence-electron chi connectivity index (χ1n) is 8.85. The molecule has 1 aromatic carbocycles. The van der Waals surface area contributed by atoms with Gasteiger partial charge in [0.25, 0.3) is 0 Å². The van der Waals surface area contributed by atoms with E-state index in [0.717, 1.165) is 32.0 Å². The van der Waals surface area contributed by atoms with Crippen LogP contribution in [-0.2, 0) is 6.42 Å². The molecule has 0 unspecified atom stereocenters. The third kappa shape index (κ3) is 4.94. The van der Waals surface area contributed by atoms with Crippen molar-refractivity contribution in [3.8, 4) is 0 Å². The fourth-order valence-electron chi connectivity index (χ4n) is 3.13. The van der Waals surface area contributed by atoms with Crippen molar-refractivity contribution in [2.24, 2.45) is 4.99 Å². The number of guanidine groups is 1. The van der Waals surface area contributed by atoms with Crippen LogP contribution in [0.2, 0.25) is 0 Å². The fraction of sp³-hybridized carbons (Fsp3) is 0.421. The fourth-order valence-corrected chi connectivity index (χ4v) is 3.92. The van der Waals surface area contributed by atoms with Gasteiger partial charge in [0.1, 0.15) is 11.6 Å². The lowest BCUT2D eigenvalue weighted by Gasteiger charge is -2.33. The average Bonchev–Trinajstić information content (AvgIpc) is 3.19. The maximum atomic E-state index is 13.7. The lowest BCUT2D eigenvalue weighted by molar-refractivity contribution is 0.463. The van der Waals surface area contributed by atoms with Gasteiger partial charge in [-0.2, -0.15) is 0 Å². The number of nitrogens with one attached hydrogen (secondary N) is 2. The summed E-state index contributed by atoms with van der Waals surface area (Å²) in [6.07, 6.45) is 2.48. The standard InChI is InChI=1S/C19H24F2N4S/c1-22-19(23-9-6-14-13-15(20)4-5-17(14)21)24-16-7-10-25(11-8-16)18-3-2-12-26-18/h2-5,12-13,16H,6-11H2,1H3,(H2,22,23,24). The summed E-state index contributed by atoms with van der Waals surface area (Å²) >= 11 is 1.77. The Balaban J connectivity index is 1.43. The molecule has 2 aromatic rings. The van der Waals surface area contributed by atoms with Crippen LogP contribution in [-0.4, -0.2) is 38.7 Å². The molecule has 4 nitrogen and oxygen atoms in total.